The molecule has 0 saturated heterocycles. The number of methoxy groups -OCH3 is 1. The molecule has 1 unspecified atom stereocenters. The number of halogens is 1. The first-order valence-corrected chi connectivity index (χ1v) is 6.46. The van der Waals surface area contributed by atoms with Crippen molar-refractivity contribution in [3.63, 3.8) is 0 Å². The third-order valence-electron chi connectivity index (χ3n) is 3.10. The van der Waals surface area contributed by atoms with Crippen molar-refractivity contribution >= 4 is 11.6 Å². The van der Waals surface area contributed by atoms with Crippen molar-refractivity contribution in [2.24, 2.45) is 5.73 Å². The van der Waals surface area contributed by atoms with Crippen LogP contribution in [-0.4, -0.2) is 13.7 Å². The Kier molecular flexibility index (Phi) is 5.29. The van der Waals surface area contributed by atoms with E-state index in [1.807, 2.05) is 6.07 Å². The molecule has 1 aromatic carbocycles. The molecule has 17 heavy (non-hydrogen) atoms. The van der Waals surface area contributed by atoms with E-state index in [0.717, 1.165) is 28.3 Å². The Bertz CT molecular complexity index is 377. The van der Waals surface area contributed by atoms with Gasteiger partial charge in [0.25, 0.3) is 0 Å². The van der Waals surface area contributed by atoms with Crippen LogP contribution in [-0.2, 0) is 0 Å². The summed E-state index contributed by atoms with van der Waals surface area (Å²) in [5, 5.41) is 0.819. The van der Waals surface area contributed by atoms with Gasteiger partial charge in [-0.15, -0.1) is 0 Å². The van der Waals surface area contributed by atoms with E-state index >= 15 is 0 Å². The fourth-order valence-corrected chi connectivity index (χ4v) is 2.38. The van der Waals surface area contributed by atoms with Gasteiger partial charge in [-0.3, -0.25) is 0 Å². The van der Waals surface area contributed by atoms with Gasteiger partial charge in [-0.2, -0.15) is 0 Å². The zero-order chi connectivity index (χ0) is 13.0. The molecule has 1 aromatic rings. The number of hydrogen-bond acceptors (Lipinski definition) is 2. The maximum Gasteiger partial charge on any atom is 0.122 e. The molecule has 1 atom stereocenters. The molecule has 0 bridgehead atoms. The van der Waals surface area contributed by atoms with Gasteiger partial charge >= 0.3 is 0 Å². The zero-order valence-electron chi connectivity index (χ0n) is 11.1. The minimum Gasteiger partial charge on any atom is -0.496 e. The van der Waals surface area contributed by atoms with Crippen molar-refractivity contribution in [2.45, 2.75) is 39.0 Å². The summed E-state index contributed by atoms with van der Waals surface area (Å²) in [6, 6.07) is 4.07. The van der Waals surface area contributed by atoms with Gasteiger partial charge in [-0.05, 0) is 48.1 Å². The van der Waals surface area contributed by atoms with Gasteiger partial charge < -0.3 is 10.5 Å². The molecule has 2 nitrogen and oxygen atoms in total. The van der Waals surface area contributed by atoms with Crippen LogP contribution in [0.4, 0.5) is 0 Å². The Morgan fingerprint density at radius 2 is 1.88 bits per heavy atom. The quantitative estimate of drug-likeness (QED) is 0.865. The number of benzene rings is 1. The average Bonchev–Trinajstić information content (AvgIpc) is 2.28. The Balaban J connectivity index is 3.18. The van der Waals surface area contributed by atoms with Crippen LogP contribution in [0.15, 0.2) is 12.1 Å². The minimum atomic E-state index is 0.369. The van der Waals surface area contributed by atoms with Crippen molar-refractivity contribution in [3.05, 3.63) is 28.3 Å². The van der Waals surface area contributed by atoms with Crippen LogP contribution >= 0.6 is 11.6 Å². The van der Waals surface area contributed by atoms with E-state index in [1.54, 1.807) is 7.11 Å². The predicted octanol–water partition coefficient (Wildman–Crippen LogP) is 3.92. The summed E-state index contributed by atoms with van der Waals surface area (Å²) in [6.45, 7) is 7.08. The monoisotopic (exact) mass is 255 g/mol. The Morgan fingerprint density at radius 1 is 1.24 bits per heavy atom. The third-order valence-corrected chi connectivity index (χ3v) is 3.43. The largest absolute Gasteiger partial charge is 0.496 e. The van der Waals surface area contributed by atoms with Crippen LogP contribution in [0.3, 0.4) is 0 Å². The summed E-state index contributed by atoms with van der Waals surface area (Å²) in [6.07, 6.45) is 0.938. The van der Waals surface area contributed by atoms with Crippen molar-refractivity contribution in [1.29, 1.82) is 0 Å². The van der Waals surface area contributed by atoms with E-state index in [9.17, 15) is 0 Å². The molecule has 96 valence electrons. The van der Waals surface area contributed by atoms with Gasteiger partial charge in [0.05, 0.1) is 7.11 Å². The Morgan fingerprint density at radius 3 is 2.35 bits per heavy atom. The molecule has 0 spiro atoms. The standard InChI is InChI=1S/C14H22ClNO/c1-9(2)11-8-14(17-4)12(7-13(11)15)10(3)5-6-16/h7-10H,5-6,16H2,1-4H3. The molecular weight excluding hydrogens is 234 g/mol. The number of nitrogens with two attached hydrogens (primary N) is 1. The van der Waals surface area contributed by atoms with E-state index in [-0.39, 0.29) is 0 Å². The maximum absolute atomic E-state index is 6.31. The van der Waals surface area contributed by atoms with Crippen molar-refractivity contribution in [1.82, 2.24) is 0 Å². The van der Waals surface area contributed by atoms with E-state index in [4.69, 9.17) is 22.1 Å². The first-order valence-electron chi connectivity index (χ1n) is 6.08. The molecular formula is C14H22ClNO. The molecule has 0 aliphatic rings. The maximum atomic E-state index is 6.31. The smallest absolute Gasteiger partial charge is 0.122 e. The van der Waals surface area contributed by atoms with E-state index in [1.165, 1.54) is 0 Å². The van der Waals surface area contributed by atoms with Crippen LogP contribution < -0.4 is 10.5 Å². The van der Waals surface area contributed by atoms with E-state index < -0.39 is 0 Å². The van der Waals surface area contributed by atoms with Gasteiger partial charge in [-0.1, -0.05) is 32.4 Å². The highest BCUT2D eigenvalue weighted by Gasteiger charge is 2.15. The summed E-state index contributed by atoms with van der Waals surface area (Å²) >= 11 is 6.31. The van der Waals surface area contributed by atoms with Gasteiger partial charge in [0, 0.05) is 5.02 Å². The van der Waals surface area contributed by atoms with Crippen LogP contribution in [0.5, 0.6) is 5.75 Å². The SMILES string of the molecule is COc1cc(C(C)C)c(Cl)cc1C(C)CCN. The Labute approximate surface area is 109 Å². The lowest BCUT2D eigenvalue weighted by Crippen LogP contribution is -2.06. The summed E-state index contributed by atoms with van der Waals surface area (Å²) in [7, 11) is 1.70. The van der Waals surface area contributed by atoms with Crippen LogP contribution in [0.1, 0.15) is 50.2 Å². The second kappa shape index (κ2) is 6.27. The lowest BCUT2D eigenvalue weighted by atomic mass is 9.93. The highest BCUT2D eigenvalue weighted by molar-refractivity contribution is 6.31. The van der Waals surface area contributed by atoms with Crippen molar-refractivity contribution < 1.29 is 4.74 Å². The Hall–Kier alpha value is -0.730. The van der Waals surface area contributed by atoms with Gasteiger partial charge in [0.2, 0.25) is 0 Å². The molecule has 0 fully saturated rings. The summed E-state index contributed by atoms with van der Waals surface area (Å²) < 4.78 is 5.46. The molecule has 2 N–H and O–H groups in total. The van der Waals surface area contributed by atoms with Crippen molar-refractivity contribution in [3.8, 4) is 5.75 Å². The number of ether oxygens (including phenoxy) is 1. The zero-order valence-corrected chi connectivity index (χ0v) is 11.8. The lowest BCUT2D eigenvalue weighted by molar-refractivity contribution is 0.404. The molecule has 0 amide bonds. The minimum absolute atomic E-state index is 0.369. The average molecular weight is 256 g/mol. The third kappa shape index (κ3) is 3.36. The van der Waals surface area contributed by atoms with Crippen LogP contribution in [0.2, 0.25) is 5.02 Å². The van der Waals surface area contributed by atoms with Gasteiger partial charge in [-0.25, -0.2) is 0 Å². The highest BCUT2D eigenvalue weighted by Crippen LogP contribution is 2.36. The first kappa shape index (κ1) is 14.3. The molecule has 0 aliphatic carbocycles. The van der Waals surface area contributed by atoms with Crippen molar-refractivity contribution in [2.75, 3.05) is 13.7 Å². The molecule has 0 radical (unpaired) electrons. The highest BCUT2D eigenvalue weighted by atomic mass is 35.5. The first-order chi connectivity index (χ1) is 8.01. The normalized spacial score (nSPS) is 12.9. The second-order valence-corrected chi connectivity index (χ2v) is 5.16. The topological polar surface area (TPSA) is 35.2 Å². The fourth-order valence-electron chi connectivity index (χ4n) is 1.99. The van der Waals surface area contributed by atoms with Gasteiger partial charge in [0.15, 0.2) is 0 Å². The predicted molar refractivity (Wildman–Crippen MR) is 74.2 cm³/mol. The molecule has 0 aromatic heterocycles. The second-order valence-electron chi connectivity index (χ2n) is 4.75. The molecule has 0 saturated carbocycles. The summed E-state index contributed by atoms with van der Waals surface area (Å²) in [4.78, 5) is 0. The number of rotatable bonds is 5. The molecule has 0 aliphatic heterocycles. The lowest BCUT2D eigenvalue weighted by Gasteiger charge is -2.18. The van der Waals surface area contributed by atoms with Crippen LogP contribution in [0.25, 0.3) is 0 Å². The summed E-state index contributed by atoms with van der Waals surface area (Å²) in [5.41, 5.74) is 7.88. The van der Waals surface area contributed by atoms with Crippen LogP contribution in [0, 0.1) is 0 Å². The molecule has 1 rings (SSSR count). The fraction of sp³-hybridized carbons (Fsp3) is 0.571. The van der Waals surface area contributed by atoms with E-state index in [2.05, 4.69) is 26.8 Å². The molecule has 0 heterocycles. The number of hydrogen-bond donors (Lipinski definition) is 1. The molecule has 3 heteroatoms. The van der Waals surface area contributed by atoms with Gasteiger partial charge in [0.1, 0.15) is 5.75 Å². The summed E-state index contributed by atoms with van der Waals surface area (Å²) in [5.74, 6) is 1.68. The van der Waals surface area contributed by atoms with E-state index in [0.29, 0.717) is 18.4 Å².